The van der Waals surface area contributed by atoms with Gasteiger partial charge in [-0.1, -0.05) is 23.2 Å². The van der Waals surface area contributed by atoms with Gasteiger partial charge in [0.25, 0.3) is 0 Å². The van der Waals surface area contributed by atoms with Gasteiger partial charge >= 0.3 is 0 Å². The number of benzene rings is 1. The molecule has 0 aliphatic carbocycles. The number of nitrogens with two attached hydrogens (primary N) is 2. The highest BCUT2D eigenvalue weighted by Crippen LogP contribution is 2.24. The average Bonchev–Trinajstić information content (AvgIpc) is 2.77. The summed E-state index contributed by atoms with van der Waals surface area (Å²) in [6.45, 7) is 0. The molecule has 94 valence electrons. The predicted octanol–water partition coefficient (Wildman–Crippen LogP) is 1.49. The lowest BCUT2D eigenvalue weighted by atomic mass is 10.1. The Hall–Kier alpha value is -1.36. The summed E-state index contributed by atoms with van der Waals surface area (Å²) < 4.78 is 0.722. The highest BCUT2D eigenvalue weighted by Gasteiger charge is 2.07. The van der Waals surface area contributed by atoms with Crippen molar-refractivity contribution >= 4 is 45.4 Å². The van der Waals surface area contributed by atoms with Crippen molar-refractivity contribution in [2.24, 2.45) is 11.5 Å². The summed E-state index contributed by atoms with van der Waals surface area (Å²) in [5.41, 5.74) is 12.5. The molecular weight excluding hydrogens is 291 g/mol. The zero-order valence-corrected chi connectivity index (χ0v) is 11.5. The Balaban J connectivity index is 2.78. The zero-order chi connectivity index (χ0) is 13.3. The first-order valence-electron chi connectivity index (χ1n) is 4.98. The maximum Gasteiger partial charge on any atom is 0.126 e. The third-order valence-corrected chi connectivity index (χ3v) is 3.80. The molecule has 0 aliphatic heterocycles. The van der Waals surface area contributed by atoms with Crippen molar-refractivity contribution in [3.05, 3.63) is 50.0 Å². The summed E-state index contributed by atoms with van der Waals surface area (Å²) in [6, 6.07) is 6.53. The van der Waals surface area contributed by atoms with E-state index in [0.29, 0.717) is 21.5 Å². The average molecular weight is 301 g/mol. The van der Waals surface area contributed by atoms with E-state index in [2.05, 4.69) is 0 Å². The predicted molar refractivity (Wildman–Crippen MR) is 76.8 cm³/mol. The summed E-state index contributed by atoms with van der Waals surface area (Å²) in [5.74, 6) is 0.0208. The van der Waals surface area contributed by atoms with Crippen LogP contribution in [0.1, 0.15) is 5.56 Å². The Morgan fingerprint density at radius 2 is 1.94 bits per heavy atom. The van der Waals surface area contributed by atoms with E-state index in [0.717, 1.165) is 4.53 Å². The van der Waals surface area contributed by atoms with E-state index in [4.69, 9.17) is 34.7 Å². The van der Waals surface area contributed by atoms with Crippen LogP contribution in [0.25, 0.3) is 10.9 Å². The number of hydrogen-bond donors (Lipinski definition) is 3. The normalized spacial score (nSPS) is 14.3. The zero-order valence-electron chi connectivity index (χ0n) is 9.15. The second-order valence-electron chi connectivity index (χ2n) is 3.59. The highest BCUT2D eigenvalue weighted by molar-refractivity contribution is 7.07. The molecule has 1 aromatic carbocycles. The van der Waals surface area contributed by atoms with Crippen LogP contribution in [-0.4, -0.2) is 5.11 Å². The second kappa shape index (κ2) is 5.10. The van der Waals surface area contributed by atoms with Crippen molar-refractivity contribution in [3.8, 4) is 5.75 Å². The molecule has 6 heteroatoms. The van der Waals surface area contributed by atoms with Gasteiger partial charge in [0.1, 0.15) is 10.9 Å². The molecule has 0 fully saturated rings. The van der Waals surface area contributed by atoms with Crippen molar-refractivity contribution in [3.63, 3.8) is 0 Å². The van der Waals surface area contributed by atoms with Gasteiger partial charge in [0, 0.05) is 15.8 Å². The van der Waals surface area contributed by atoms with Gasteiger partial charge in [-0.05, 0) is 29.6 Å². The lowest BCUT2D eigenvalue weighted by Gasteiger charge is -2.04. The molecule has 3 nitrogen and oxygen atoms in total. The van der Waals surface area contributed by atoms with Crippen LogP contribution in [0.15, 0.2) is 29.6 Å². The minimum Gasteiger partial charge on any atom is -0.507 e. The Morgan fingerprint density at radius 1 is 1.22 bits per heavy atom. The minimum atomic E-state index is 0.0208. The molecule has 2 rings (SSSR count). The molecule has 1 aromatic heterocycles. The Morgan fingerprint density at radius 3 is 2.56 bits per heavy atom. The summed E-state index contributed by atoms with van der Waals surface area (Å²) in [5, 5.41) is 12.9. The maximum absolute atomic E-state index is 9.84. The molecule has 0 atom stereocenters. The first kappa shape index (κ1) is 13.1. The van der Waals surface area contributed by atoms with Crippen molar-refractivity contribution in [1.82, 2.24) is 0 Å². The van der Waals surface area contributed by atoms with Crippen LogP contribution in [0, 0.1) is 0 Å². The van der Waals surface area contributed by atoms with Gasteiger partial charge in [-0.15, -0.1) is 11.3 Å². The molecule has 0 saturated heterocycles. The van der Waals surface area contributed by atoms with Crippen molar-refractivity contribution < 1.29 is 5.11 Å². The van der Waals surface area contributed by atoms with E-state index < -0.39 is 0 Å². The molecule has 0 aliphatic rings. The fraction of sp³-hybridized carbons (Fsp3) is 0. The topological polar surface area (TPSA) is 72.3 Å². The second-order valence-corrected chi connectivity index (χ2v) is 5.35. The largest absolute Gasteiger partial charge is 0.507 e. The Kier molecular flexibility index (Phi) is 3.71. The summed E-state index contributed by atoms with van der Waals surface area (Å²) in [6.07, 6.45) is 0. The monoisotopic (exact) mass is 300 g/mol. The fourth-order valence-corrected chi connectivity index (χ4v) is 2.82. The van der Waals surface area contributed by atoms with E-state index in [1.165, 1.54) is 17.4 Å². The highest BCUT2D eigenvalue weighted by atomic mass is 35.5. The van der Waals surface area contributed by atoms with Gasteiger partial charge in [0.15, 0.2) is 0 Å². The standard InChI is InChI=1S/C12H10Cl2N2OS/c13-6-1-2-7(9(17)5-6)10(15)11-8(12(14)16)3-4-18-11/h1-5,17H,15-16H2/b11-10+,12-8-. The van der Waals surface area contributed by atoms with E-state index >= 15 is 0 Å². The number of halogens is 2. The van der Waals surface area contributed by atoms with Crippen LogP contribution < -0.4 is 21.2 Å². The molecule has 1 heterocycles. The van der Waals surface area contributed by atoms with Gasteiger partial charge < -0.3 is 16.6 Å². The van der Waals surface area contributed by atoms with Crippen LogP contribution in [-0.2, 0) is 0 Å². The summed E-state index contributed by atoms with van der Waals surface area (Å²) in [4.78, 5) is 0. The van der Waals surface area contributed by atoms with Gasteiger partial charge in [-0.3, -0.25) is 0 Å². The van der Waals surface area contributed by atoms with Crippen molar-refractivity contribution in [2.45, 2.75) is 0 Å². The molecule has 0 saturated carbocycles. The first-order valence-corrected chi connectivity index (χ1v) is 6.61. The fourth-order valence-electron chi connectivity index (χ4n) is 1.56. The SMILES string of the molecule is N/C(Cl)=c1/ccs/c1=C(/N)c1ccc(Cl)cc1O. The van der Waals surface area contributed by atoms with Gasteiger partial charge in [0.2, 0.25) is 0 Å². The maximum atomic E-state index is 9.84. The van der Waals surface area contributed by atoms with Crippen LogP contribution in [0.2, 0.25) is 5.02 Å². The molecular formula is C12H10Cl2N2OS. The van der Waals surface area contributed by atoms with E-state index in [1.807, 2.05) is 5.38 Å². The number of aromatic hydroxyl groups is 1. The first-order chi connectivity index (χ1) is 8.50. The lowest BCUT2D eigenvalue weighted by molar-refractivity contribution is 0.473. The minimum absolute atomic E-state index is 0.0208. The van der Waals surface area contributed by atoms with Crippen LogP contribution in [0.4, 0.5) is 0 Å². The molecule has 0 spiro atoms. The quantitative estimate of drug-likeness (QED) is 0.699. The number of rotatable bonds is 1. The van der Waals surface area contributed by atoms with Gasteiger partial charge in [0.05, 0.1) is 10.2 Å². The molecule has 0 amide bonds. The van der Waals surface area contributed by atoms with Crippen LogP contribution in [0.5, 0.6) is 5.75 Å². The number of hydrogen-bond acceptors (Lipinski definition) is 4. The molecule has 2 aromatic rings. The number of phenols is 1. The van der Waals surface area contributed by atoms with Crippen molar-refractivity contribution in [2.75, 3.05) is 0 Å². The van der Waals surface area contributed by atoms with E-state index in [1.54, 1.807) is 18.2 Å². The Bertz CT molecular complexity index is 705. The smallest absolute Gasteiger partial charge is 0.126 e. The van der Waals surface area contributed by atoms with Crippen LogP contribution >= 0.6 is 34.5 Å². The third-order valence-electron chi connectivity index (χ3n) is 2.42. The molecule has 18 heavy (non-hydrogen) atoms. The molecule has 0 bridgehead atoms. The summed E-state index contributed by atoms with van der Waals surface area (Å²) in [7, 11) is 0. The third kappa shape index (κ3) is 2.41. The lowest BCUT2D eigenvalue weighted by Crippen LogP contribution is -2.28. The van der Waals surface area contributed by atoms with Crippen LogP contribution in [0.3, 0.4) is 0 Å². The molecule has 5 N–H and O–H groups in total. The van der Waals surface area contributed by atoms with Crippen molar-refractivity contribution in [1.29, 1.82) is 0 Å². The molecule has 0 unspecified atom stereocenters. The Labute approximate surface area is 118 Å². The summed E-state index contributed by atoms with van der Waals surface area (Å²) >= 11 is 13.0. The van der Waals surface area contributed by atoms with E-state index in [9.17, 15) is 5.11 Å². The van der Waals surface area contributed by atoms with Gasteiger partial charge in [-0.2, -0.15) is 0 Å². The van der Waals surface area contributed by atoms with Gasteiger partial charge in [-0.25, -0.2) is 0 Å². The van der Waals surface area contributed by atoms with E-state index in [-0.39, 0.29) is 10.9 Å². The molecule has 0 radical (unpaired) electrons. The number of phenolic OH excluding ortho intramolecular Hbond substituents is 1. The number of thiophene rings is 1.